The molecule has 3 rings (SSSR count). The van der Waals surface area contributed by atoms with Gasteiger partial charge in [0.25, 0.3) is 0 Å². The predicted molar refractivity (Wildman–Crippen MR) is 82.9 cm³/mol. The maximum Gasteiger partial charge on any atom is 0.244 e. The van der Waals surface area contributed by atoms with Crippen molar-refractivity contribution in [3.8, 4) is 0 Å². The monoisotopic (exact) mass is 287 g/mol. The largest absolute Gasteiger partial charge is 0.466 e. The molecule has 1 amide bonds. The number of furan rings is 1. The number of amides is 1. The Kier molecular flexibility index (Phi) is 3.46. The topological polar surface area (TPSA) is 42.2 Å². The third kappa shape index (κ3) is 3.22. The lowest BCUT2D eigenvalue weighted by atomic mass is 9.74. The summed E-state index contributed by atoms with van der Waals surface area (Å²) in [7, 11) is 0. The molecule has 1 fully saturated rings. The van der Waals surface area contributed by atoms with Gasteiger partial charge in [0.2, 0.25) is 5.91 Å². The summed E-state index contributed by atoms with van der Waals surface area (Å²) < 4.78 is 5.82. The Hall–Kier alpha value is -1.51. The first-order chi connectivity index (χ1) is 9.84. The molecule has 1 N–H and O–H groups in total. The molecule has 0 aromatic carbocycles. The fourth-order valence-corrected chi connectivity index (χ4v) is 3.39. The molecule has 1 heterocycles. The molecule has 3 nitrogen and oxygen atoms in total. The molecule has 0 bridgehead atoms. The number of carbonyl (C=O) groups excluding carboxylic acids is 1. The Balaban J connectivity index is 1.77. The van der Waals surface area contributed by atoms with Crippen molar-refractivity contribution in [1.29, 1.82) is 0 Å². The van der Waals surface area contributed by atoms with Crippen LogP contribution in [0.4, 0.5) is 0 Å². The van der Waals surface area contributed by atoms with E-state index >= 15 is 0 Å². The normalized spacial score (nSPS) is 24.6. The minimum Gasteiger partial charge on any atom is -0.466 e. The van der Waals surface area contributed by atoms with Crippen LogP contribution in [-0.2, 0) is 11.2 Å². The van der Waals surface area contributed by atoms with Crippen LogP contribution in [0.15, 0.2) is 22.1 Å². The van der Waals surface area contributed by atoms with Gasteiger partial charge in [-0.05, 0) is 50.5 Å². The van der Waals surface area contributed by atoms with Gasteiger partial charge in [0.1, 0.15) is 11.5 Å². The summed E-state index contributed by atoms with van der Waals surface area (Å²) in [6.45, 7) is 8.51. The number of nitrogens with one attached hydrogen (secondary N) is 1. The second-order valence-corrected chi connectivity index (χ2v) is 7.50. The molecule has 0 spiro atoms. The molecule has 0 aliphatic heterocycles. The predicted octanol–water partition coefficient (Wildman–Crippen LogP) is 4.07. The van der Waals surface area contributed by atoms with E-state index < -0.39 is 0 Å². The highest BCUT2D eigenvalue weighted by molar-refractivity contribution is 5.88. The fourth-order valence-electron chi connectivity index (χ4n) is 3.39. The fraction of sp³-hybridized carbons (Fsp3) is 0.611. The number of allylic oxidation sites excluding steroid dienone is 1. The quantitative estimate of drug-likeness (QED) is 0.851. The summed E-state index contributed by atoms with van der Waals surface area (Å²) in [6.07, 6.45) is 6.15. The smallest absolute Gasteiger partial charge is 0.244 e. The van der Waals surface area contributed by atoms with E-state index in [1.807, 2.05) is 6.92 Å². The van der Waals surface area contributed by atoms with Crippen LogP contribution in [0, 0.1) is 18.3 Å². The Bertz CT molecular complexity index is 590. The maximum absolute atomic E-state index is 12.3. The van der Waals surface area contributed by atoms with Gasteiger partial charge in [0, 0.05) is 18.1 Å². The van der Waals surface area contributed by atoms with Crippen LogP contribution in [0.25, 0.3) is 0 Å². The van der Waals surface area contributed by atoms with Gasteiger partial charge < -0.3 is 9.73 Å². The number of fused-ring (bicyclic) bond motifs is 1. The van der Waals surface area contributed by atoms with Crippen LogP contribution in [0.1, 0.15) is 63.2 Å². The van der Waals surface area contributed by atoms with Gasteiger partial charge in [-0.25, -0.2) is 0 Å². The van der Waals surface area contributed by atoms with E-state index in [9.17, 15) is 4.79 Å². The lowest BCUT2D eigenvalue weighted by molar-refractivity contribution is -0.117. The molecule has 1 aromatic heterocycles. The van der Waals surface area contributed by atoms with Gasteiger partial charge >= 0.3 is 0 Å². The molecular formula is C18H25NO2. The first kappa shape index (κ1) is 14.4. The number of aryl methyl sites for hydroxylation is 1. The molecule has 2 aliphatic rings. The van der Waals surface area contributed by atoms with Gasteiger partial charge in [-0.15, -0.1) is 0 Å². The van der Waals surface area contributed by atoms with E-state index in [0.717, 1.165) is 29.9 Å². The van der Waals surface area contributed by atoms with Gasteiger partial charge in [0.05, 0.1) is 6.04 Å². The molecule has 1 atom stereocenters. The first-order valence-corrected chi connectivity index (χ1v) is 7.92. The summed E-state index contributed by atoms with van der Waals surface area (Å²) in [5.41, 5.74) is 2.54. The highest BCUT2D eigenvalue weighted by Gasteiger charge is 2.35. The summed E-state index contributed by atoms with van der Waals surface area (Å²) in [5.74, 6) is 2.65. The van der Waals surface area contributed by atoms with E-state index in [1.165, 1.54) is 18.4 Å². The summed E-state index contributed by atoms with van der Waals surface area (Å²) >= 11 is 0. The van der Waals surface area contributed by atoms with Crippen molar-refractivity contribution < 1.29 is 9.21 Å². The number of hydrogen-bond donors (Lipinski definition) is 1. The second-order valence-electron chi connectivity index (χ2n) is 7.50. The molecule has 1 aromatic rings. The molecule has 1 unspecified atom stereocenters. The lowest BCUT2D eigenvalue weighted by Crippen LogP contribution is -2.35. The molecule has 0 saturated heterocycles. The SMILES string of the molecule is C/C(=C\C(=O)NC1CC(C)(C)Cc2oc(C)cc21)C1CC1. The Morgan fingerprint density at radius 3 is 2.81 bits per heavy atom. The van der Waals surface area contributed by atoms with Gasteiger partial charge in [0.15, 0.2) is 0 Å². The zero-order valence-corrected chi connectivity index (χ0v) is 13.5. The lowest BCUT2D eigenvalue weighted by Gasteiger charge is -2.34. The zero-order valence-electron chi connectivity index (χ0n) is 13.5. The van der Waals surface area contributed by atoms with Crippen LogP contribution in [0.2, 0.25) is 0 Å². The third-order valence-electron chi connectivity index (χ3n) is 4.63. The van der Waals surface area contributed by atoms with Crippen LogP contribution < -0.4 is 5.32 Å². The average molecular weight is 287 g/mol. The minimum absolute atomic E-state index is 0.0342. The number of carbonyl (C=O) groups is 1. The summed E-state index contributed by atoms with van der Waals surface area (Å²) in [4.78, 5) is 12.3. The van der Waals surface area contributed by atoms with Crippen molar-refractivity contribution in [1.82, 2.24) is 5.32 Å². The number of hydrogen-bond acceptors (Lipinski definition) is 2. The zero-order chi connectivity index (χ0) is 15.2. The first-order valence-electron chi connectivity index (χ1n) is 7.92. The van der Waals surface area contributed by atoms with Crippen LogP contribution in [0.3, 0.4) is 0 Å². The van der Waals surface area contributed by atoms with Crippen molar-refractivity contribution in [2.75, 3.05) is 0 Å². The van der Waals surface area contributed by atoms with E-state index in [1.54, 1.807) is 6.08 Å². The van der Waals surface area contributed by atoms with E-state index in [0.29, 0.717) is 5.92 Å². The van der Waals surface area contributed by atoms with Crippen molar-refractivity contribution >= 4 is 5.91 Å². The molecular weight excluding hydrogens is 262 g/mol. The third-order valence-corrected chi connectivity index (χ3v) is 4.63. The van der Waals surface area contributed by atoms with Crippen molar-refractivity contribution in [2.24, 2.45) is 11.3 Å². The van der Waals surface area contributed by atoms with Crippen molar-refractivity contribution in [3.63, 3.8) is 0 Å². The van der Waals surface area contributed by atoms with E-state index in [2.05, 4.69) is 32.2 Å². The Morgan fingerprint density at radius 1 is 1.43 bits per heavy atom. The van der Waals surface area contributed by atoms with Crippen molar-refractivity contribution in [2.45, 2.75) is 59.4 Å². The number of rotatable bonds is 3. The van der Waals surface area contributed by atoms with Crippen LogP contribution >= 0.6 is 0 Å². The summed E-state index contributed by atoms with van der Waals surface area (Å²) in [5, 5.41) is 3.18. The minimum atomic E-state index is 0.0342. The molecule has 114 valence electrons. The highest BCUT2D eigenvalue weighted by Crippen LogP contribution is 2.42. The average Bonchev–Trinajstić information content (AvgIpc) is 3.11. The van der Waals surface area contributed by atoms with Gasteiger partial charge in [-0.2, -0.15) is 0 Å². The molecule has 21 heavy (non-hydrogen) atoms. The maximum atomic E-state index is 12.3. The van der Waals surface area contributed by atoms with Crippen LogP contribution in [-0.4, -0.2) is 5.91 Å². The van der Waals surface area contributed by atoms with Crippen LogP contribution in [0.5, 0.6) is 0 Å². The highest BCUT2D eigenvalue weighted by atomic mass is 16.3. The van der Waals surface area contributed by atoms with E-state index in [4.69, 9.17) is 4.42 Å². The Labute approximate surface area is 126 Å². The molecule has 3 heteroatoms. The van der Waals surface area contributed by atoms with Crippen molar-refractivity contribution in [3.05, 3.63) is 34.8 Å². The summed E-state index contributed by atoms with van der Waals surface area (Å²) in [6, 6.07) is 2.14. The van der Waals surface area contributed by atoms with Gasteiger partial charge in [-0.3, -0.25) is 4.79 Å². The Morgan fingerprint density at radius 2 is 2.14 bits per heavy atom. The van der Waals surface area contributed by atoms with E-state index in [-0.39, 0.29) is 17.4 Å². The standard InChI is InChI=1S/C18H25NO2/c1-11(13-5-6-13)7-17(20)19-15-9-18(3,4)10-16-14(15)8-12(2)21-16/h7-8,13,15H,5-6,9-10H2,1-4H3,(H,19,20)/b11-7+. The second kappa shape index (κ2) is 5.04. The molecule has 0 radical (unpaired) electrons. The molecule has 2 aliphatic carbocycles. The van der Waals surface area contributed by atoms with Gasteiger partial charge in [-0.1, -0.05) is 19.4 Å². The molecule has 1 saturated carbocycles.